The molecule has 126 valence electrons. The summed E-state index contributed by atoms with van der Waals surface area (Å²) in [6.45, 7) is 1.99. The Labute approximate surface area is 151 Å². The predicted octanol–water partition coefficient (Wildman–Crippen LogP) is 4.18. The SMILES string of the molecule is C[C@H](NC(=O)c1nn(C)c2c1CSc1ccccc1-2)c1ccccc1. The van der Waals surface area contributed by atoms with Crippen molar-refractivity contribution in [2.24, 2.45) is 7.05 Å². The Morgan fingerprint density at radius 2 is 1.88 bits per heavy atom. The molecule has 1 N–H and O–H groups in total. The predicted molar refractivity (Wildman–Crippen MR) is 101 cm³/mol. The highest BCUT2D eigenvalue weighted by molar-refractivity contribution is 7.98. The third-order valence-corrected chi connectivity index (χ3v) is 5.62. The van der Waals surface area contributed by atoms with Crippen LogP contribution in [0.5, 0.6) is 0 Å². The topological polar surface area (TPSA) is 46.9 Å². The zero-order valence-corrected chi connectivity index (χ0v) is 15.0. The maximum atomic E-state index is 12.8. The number of thioether (sulfide) groups is 1. The number of nitrogens with zero attached hydrogens (tertiary/aromatic N) is 2. The molecule has 4 rings (SSSR count). The van der Waals surface area contributed by atoms with Gasteiger partial charge in [-0.15, -0.1) is 11.8 Å². The average molecular weight is 349 g/mol. The fourth-order valence-electron chi connectivity index (χ4n) is 3.25. The maximum Gasteiger partial charge on any atom is 0.272 e. The Bertz CT molecular complexity index is 933. The number of rotatable bonds is 3. The lowest BCUT2D eigenvalue weighted by molar-refractivity contribution is 0.0933. The number of hydrogen-bond donors (Lipinski definition) is 1. The van der Waals surface area contributed by atoms with Crippen molar-refractivity contribution < 1.29 is 4.79 Å². The first kappa shape index (κ1) is 16.0. The van der Waals surface area contributed by atoms with Crippen LogP contribution in [0.4, 0.5) is 0 Å². The molecule has 0 saturated heterocycles. The van der Waals surface area contributed by atoms with E-state index in [9.17, 15) is 4.79 Å². The van der Waals surface area contributed by atoms with Gasteiger partial charge in [0.1, 0.15) is 0 Å². The van der Waals surface area contributed by atoms with Crippen molar-refractivity contribution >= 4 is 17.7 Å². The summed E-state index contributed by atoms with van der Waals surface area (Å²) in [4.78, 5) is 14.1. The second-order valence-electron chi connectivity index (χ2n) is 6.19. The summed E-state index contributed by atoms with van der Waals surface area (Å²) in [6.07, 6.45) is 0. The normalized spacial score (nSPS) is 13.7. The monoisotopic (exact) mass is 349 g/mol. The smallest absolute Gasteiger partial charge is 0.272 e. The number of aromatic nitrogens is 2. The summed E-state index contributed by atoms with van der Waals surface area (Å²) >= 11 is 1.76. The van der Waals surface area contributed by atoms with Gasteiger partial charge in [-0.1, -0.05) is 48.5 Å². The first-order valence-electron chi connectivity index (χ1n) is 8.29. The van der Waals surface area contributed by atoms with Gasteiger partial charge in [-0.3, -0.25) is 9.48 Å². The minimum Gasteiger partial charge on any atom is -0.344 e. The molecule has 1 atom stereocenters. The van der Waals surface area contributed by atoms with E-state index in [1.165, 1.54) is 4.90 Å². The Morgan fingerprint density at radius 3 is 2.68 bits per heavy atom. The fourth-order valence-corrected chi connectivity index (χ4v) is 4.32. The molecule has 0 aliphatic carbocycles. The van der Waals surface area contributed by atoms with Crippen LogP contribution in [0.1, 0.15) is 34.6 Å². The highest BCUT2D eigenvalue weighted by Crippen LogP contribution is 2.42. The standard InChI is InChI=1S/C20H19N3OS/c1-13(14-8-4-3-5-9-14)21-20(24)18-16-12-25-17-11-7-6-10-15(17)19(16)23(2)22-18/h3-11,13H,12H2,1-2H3,(H,21,24)/t13-/m0/s1. The van der Waals surface area contributed by atoms with Crippen molar-refractivity contribution in [2.45, 2.75) is 23.6 Å². The number of aryl methyl sites for hydroxylation is 1. The van der Waals surface area contributed by atoms with E-state index in [0.717, 1.165) is 28.1 Å². The number of fused-ring (bicyclic) bond motifs is 3. The molecule has 3 aromatic rings. The Morgan fingerprint density at radius 1 is 1.16 bits per heavy atom. The first-order chi connectivity index (χ1) is 12.1. The van der Waals surface area contributed by atoms with Crippen LogP contribution in [0.3, 0.4) is 0 Å². The van der Waals surface area contributed by atoms with Crippen LogP contribution in [-0.4, -0.2) is 15.7 Å². The van der Waals surface area contributed by atoms with Crippen molar-refractivity contribution in [3.63, 3.8) is 0 Å². The summed E-state index contributed by atoms with van der Waals surface area (Å²) in [7, 11) is 1.91. The molecule has 2 heterocycles. The summed E-state index contributed by atoms with van der Waals surface area (Å²) < 4.78 is 1.83. The third-order valence-electron chi connectivity index (χ3n) is 4.52. The highest BCUT2D eigenvalue weighted by Gasteiger charge is 2.28. The van der Waals surface area contributed by atoms with E-state index in [1.54, 1.807) is 11.8 Å². The zero-order chi connectivity index (χ0) is 17.4. The molecule has 0 fully saturated rings. The Kier molecular flexibility index (Phi) is 4.09. The zero-order valence-electron chi connectivity index (χ0n) is 14.2. The van der Waals surface area contributed by atoms with Crippen LogP contribution in [-0.2, 0) is 12.8 Å². The summed E-state index contributed by atoms with van der Waals surface area (Å²) in [5.74, 6) is 0.649. The number of amides is 1. The van der Waals surface area contributed by atoms with Gasteiger partial charge in [-0.25, -0.2) is 0 Å². The minimum absolute atomic E-state index is 0.0603. The van der Waals surface area contributed by atoms with Crippen LogP contribution in [0.15, 0.2) is 59.5 Å². The Hall–Kier alpha value is -2.53. The van der Waals surface area contributed by atoms with Crippen molar-refractivity contribution in [2.75, 3.05) is 0 Å². The fraction of sp³-hybridized carbons (Fsp3) is 0.200. The van der Waals surface area contributed by atoms with Crippen molar-refractivity contribution in [3.8, 4) is 11.3 Å². The lowest BCUT2D eigenvalue weighted by Crippen LogP contribution is -2.28. The lowest BCUT2D eigenvalue weighted by atomic mass is 10.0. The number of nitrogens with one attached hydrogen (secondary N) is 1. The van der Waals surface area contributed by atoms with E-state index < -0.39 is 0 Å². The molecule has 4 nitrogen and oxygen atoms in total. The van der Waals surface area contributed by atoms with Gasteiger partial charge < -0.3 is 5.32 Å². The summed E-state index contributed by atoms with van der Waals surface area (Å²) in [6, 6.07) is 18.2. The van der Waals surface area contributed by atoms with E-state index >= 15 is 0 Å². The number of carbonyl (C=O) groups excluding carboxylic acids is 1. The lowest BCUT2D eigenvalue weighted by Gasteiger charge is -2.17. The molecule has 25 heavy (non-hydrogen) atoms. The number of hydrogen-bond acceptors (Lipinski definition) is 3. The largest absolute Gasteiger partial charge is 0.344 e. The quantitative estimate of drug-likeness (QED) is 0.771. The highest BCUT2D eigenvalue weighted by atomic mass is 32.2. The Balaban J connectivity index is 1.66. The van der Waals surface area contributed by atoms with Crippen LogP contribution in [0.2, 0.25) is 0 Å². The van der Waals surface area contributed by atoms with Crippen LogP contribution in [0.25, 0.3) is 11.3 Å². The third kappa shape index (κ3) is 2.85. The molecule has 2 aromatic carbocycles. The van der Waals surface area contributed by atoms with Gasteiger partial charge in [0.2, 0.25) is 0 Å². The molecular formula is C20H19N3OS. The molecule has 0 spiro atoms. The number of carbonyl (C=O) groups is 1. The van der Waals surface area contributed by atoms with E-state index in [4.69, 9.17) is 0 Å². The second kappa shape index (κ2) is 6.41. The molecule has 0 unspecified atom stereocenters. The van der Waals surface area contributed by atoms with Crippen LogP contribution >= 0.6 is 11.8 Å². The molecule has 5 heteroatoms. The van der Waals surface area contributed by atoms with Gasteiger partial charge in [0, 0.05) is 28.8 Å². The molecule has 1 aliphatic rings. The van der Waals surface area contributed by atoms with Gasteiger partial charge >= 0.3 is 0 Å². The van der Waals surface area contributed by atoms with Gasteiger partial charge in [-0.2, -0.15) is 5.10 Å². The van der Waals surface area contributed by atoms with E-state index in [2.05, 4.69) is 22.5 Å². The van der Waals surface area contributed by atoms with Crippen LogP contribution in [0, 0.1) is 0 Å². The molecular weight excluding hydrogens is 330 g/mol. The molecule has 0 radical (unpaired) electrons. The van der Waals surface area contributed by atoms with E-state index in [-0.39, 0.29) is 11.9 Å². The van der Waals surface area contributed by atoms with Crippen molar-refractivity contribution in [3.05, 3.63) is 71.4 Å². The van der Waals surface area contributed by atoms with E-state index in [1.807, 2.05) is 61.1 Å². The van der Waals surface area contributed by atoms with Gasteiger partial charge in [0.15, 0.2) is 5.69 Å². The van der Waals surface area contributed by atoms with Crippen LogP contribution < -0.4 is 5.32 Å². The van der Waals surface area contributed by atoms with Gasteiger partial charge in [0.25, 0.3) is 5.91 Å². The minimum atomic E-state index is -0.117. The van der Waals surface area contributed by atoms with E-state index in [0.29, 0.717) is 5.69 Å². The average Bonchev–Trinajstić information content (AvgIpc) is 3.00. The molecule has 0 saturated carbocycles. The van der Waals surface area contributed by atoms with Gasteiger partial charge in [-0.05, 0) is 18.6 Å². The summed E-state index contributed by atoms with van der Waals surface area (Å²) in [5.41, 5.74) is 4.83. The van der Waals surface area contributed by atoms with Gasteiger partial charge in [0.05, 0.1) is 11.7 Å². The van der Waals surface area contributed by atoms with Crippen molar-refractivity contribution in [1.82, 2.24) is 15.1 Å². The van der Waals surface area contributed by atoms with Crippen molar-refractivity contribution in [1.29, 1.82) is 0 Å². The number of benzene rings is 2. The summed E-state index contributed by atoms with van der Waals surface area (Å²) in [5, 5.41) is 7.60. The molecule has 0 bridgehead atoms. The molecule has 1 amide bonds. The second-order valence-corrected chi connectivity index (χ2v) is 7.21. The first-order valence-corrected chi connectivity index (χ1v) is 9.27. The maximum absolute atomic E-state index is 12.8. The molecule has 1 aliphatic heterocycles. The molecule has 1 aromatic heterocycles.